The quantitative estimate of drug-likeness (QED) is 0.553. The van der Waals surface area contributed by atoms with Gasteiger partial charge < -0.3 is 20.5 Å². The van der Waals surface area contributed by atoms with E-state index in [1.165, 1.54) is 0 Å². The Balaban J connectivity index is 2.80. The molecule has 0 aromatic heterocycles. The molecule has 7 nitrogen and oxygen atoms in total. The number of carbonyl (C=O) groups excluding carboxylic acids is 2. The Morgan fingerprint density at radius 3 is 2.18 bits per heavy atom. The summed E-state index contributed by atoms with van der Waals surface area (Å²) in [4.78, 5) is 35.7. The molecule has 0 bridgehead atoms. The summed E-state index contributed by atoms with van der Waals surface area (Å²) < 4.78 is 6.15. The first-order chi connectivity index (χ1) is 12.8. The van der Waals surface area contributed by atoms with Crippen LogP contribution in [0.2, 0.25) is 0 Å². The van der Waals surface area contributed by atoms with E-state index < -0.39 is 35.2 Å². The highest BCUT2D eigenvalue weighted by atomic mass is 79.9. The van der Waals surface area contributed by atoms with Crippen molar-refractivity contribution in [3.8, 4) is 0 Å². The van der Waals surface area contributed by atoms with Gasteiger partial charge in [0, 0.05) is 16.4 Å². The average molecular weight is 457 g/mol. The monoisotopic (exact) mass is 456 g/mol. The molecule has 8 heteroatoms. The molecule has 1 unspecified atom stereocenters. The number of halogens is 1. The smallest absolute Gasteiger partial charge is 0.408 e. The number of carboxylic acid groups (broad SMARTS) is 1. The van der Waals surface area contributed by atoms with E-state index in [2.05, 4.69) is 26.6 Å². The van der Waals surface area contributed by atoms with Crippen LogP contribution in [-0.2, 0) is 20.7 Å². The molecule has 156 valence electrons. The van der Waals surface area contributed by atoms with Crippen LogP contribution in [-0.4, -0.2) is 40.3 Å². The van der Waals surface area contributed by atoms with Crippen molar-refractivity contribution in [1.29, 1.82) is 0 Å². The topological polar surface area (TPSA) is 105 Å². The largest absolute Gasteiger partial charge is 0.481 e. The molecule has 0 radical (unpaired) electrons. The maximum atomic E-state index is 12.7. The number of carbonyl (C=O) groups is 3. The van der Waals surface area contributed by atoms with E-state index in [1.807, 2.05) is 38.1 Å². The molecule has 0 aliphatic heterocycles. The van der Waals surface area contributed by atoms with E-state index in [9.17, 15) is 14.4 Å². The Labute approximate surface area is 174 Å². The lowest BCUT2D eigenvalue weighted by atomic mass is 9.94. The number of rotatable bonds is 8. The van der Waals surface area contributed by atoms with Gasteiger partial charge in [-0.25, -0.2) is 4.79 Å². The minimum Gasteiger partial charge on any atom is -0.481 e. The lowest BCUT2D eigenvalue weighted by molar-refractivity contribution is -0.137. The van der Waals surface area contributed by atoms with E-state index in [4.69, 9.17) is 9.84 Å². The second kappa shape index (κ2) is 9.91. The van der Waals surface area contributed by atoms with Gasteiger partial charge in [0.15, 0.2) is 0 Å². The number of aliphatic carboxylic acids is 1. The molecule has 1 aromatic rings. The standard InChI is InChI=1S/C20H29BrN2O5/c1-19(2,3)28-18(27)22-15(10-11-16(24)25)17(26)23-20(4,5)12-13-6-8-14(21)9-7-13/h6-9,15H,10-12H2,1-5H3,(H,22,27)(H,23,26)(H,24,25). The summed E-state index contributed by atoms with van der Waals surface area (Å²) in [5.74, 6) is -1.49. The van der Waals surface area contributed by atoms with Gasteiger partial charge in [0.05, 0.1) is 0 Å². The summed E-state index contributed by atoms with van der Waals surface area (Å²) in [6.45, 7) is 8.87. The fourth-order valence-electron chi connectivity index (χ4n) is 2.56. The lowest BCUT2D eigenvalue weighted by Gasteiger charge is -2.30. The zero-order valence-corrected chi connectivity index (χ0v) is 18.6. The zero-order chi connectivity index (χ0) is 21.5. The van der Waals surface area contributed by atoms with Gasteiger partial charge in [0.25, 0.3) is 0 Å². The van der Waals surface area contributed by atoms with Gasteiger partial charge in [0.1, 0.15) is 11.6 Å². The second-order valence-electron chi connectivity index (χ2n) is 8.31. The summed E-state index contributed by atoms with van der Waals surface area (Å²) in [6.07, 6.45) is -0.469. The minimum absolute atomic E-state index is 0.0330. The molecule has 0 saturated carbocycles. The summed E-state index contributed by atoms with van der Waals surface area (Å²) in [7, 11) is 0. The van der Waals surface area contributed by atoms with Crippen LogP contribution >= 0.6 is 15.9 Å². The molecule has 1 atom stereocenters. The summed E-state index contributed by atoms with van der Waals surface area (Å²) >= 11 is 3.39. The molecule has 0 aliphatic rings. The van der Waals surface area contributed by atoms with Gasteiger partial charge in [-0.2, -0.15) is 0 Å². The van der Waals surface area contributed by atoms with Gasteiger partial charge in [-0.1, -0.05) is 28.1 Å². The normalized spacial score (nSPS) is 12.8. The van der Waals surface area contributed by atoms with Crippen LogP contribution < -0.4 is 10.6 Å². The third-order valence-corrected chi connectivity index (χ3v) is 4.20. The van der Waals surface area contributed by atoms with E-state index in [1.54, 1.807) is 20.8 Å². The molecule has 0 fully saturated rings. The number of nitrogens with one attached hydrogen (secondary N) is 2. The number of carboxylic acids is 1. The Morgan fingerprint density at radius 2 is 1.68 bits per heavy atom. The summed E-state index contributed by atoms with van der Waals surface area (Å²) in [5, 5.41) is 14.3. The highest BCUT2D eigenvalue weighted by molar-refractivity contribution is 9.10. The molecule has 0 aliphatic carbocycles. The Hall–Kier alpha value is -2.09. The third kappa shape index (κ3) is 9.73. The molecule has 28 heavy (non-hydrogen) atoms. The fourth-order valence-corrected chi connectivity index (χ4v) is 2.83. The van der Waals surface area contributed by atoms with Crippen molar-refractivity contribution in [3.63, 3.8) is 0 Å². The van der Waals surface area contributed by atoms with Crippen molar-refractivity contribution in [3.05, 3.63) is 34.3 Å². The van der Waals surface area contributed by atoms with Crippen LogP contribution in [0.15, 0.2) is 28.7 Å². The first-order valence-corrected chi connectivity index (χ1v) is 9.84. The van der Waals surface area contributed by atoms with Crippen molar-refractivity contribution in [2.75, 3.05) is 0 Å². The van der Waals surface area contributed by atoms with E-state index in [-0.39, 0.29) is 12.8 Å². The summed E-state index contributed by atoms with van der Waals surface area (Å²) in [6, 6.07) is 6.76. The van der Waals surface area contributed by atoms with Crippen molar-refractivity contribution >= 4 is 33.9 Å². The molecule has 0 saturated heterocycles. The third-order valence-electron chi connectivity index (χ3n) is 3.68. The lowest BCUT2D eigenvalue weighted by Crippen LogP contribution is -2.54. The van der Waals surface area contributed by atoms with Gasteiger partial charge in [-0.05, 0) is 65.2 Å². The Morgan fingerprint density at radius 1 is 1.11 bits per heavy atom. The first kappa shape index (κ1) is 23.9. The van der Waals surface area contributed by atoms with Crippen molar-refractivity contribution < 1.29 is 24.2 Å². The minimum atomic E-state index is -1.04. The Kier molecular flexibility index (Phi) is 8.48. The van der Waals surface area contributed by atoms with Gasteiger partial charge in [-0.15, -0.1) is 0 Å². The van der Waals surface area contributed by atoms with E-state index >= 15 is 0 Å². The number of alkyl carbamates (subject to hydrolysis) is 1. The van der Waals surface area contributed by atoms with Crippen LogP contribution in [0.1, 0.15) is 53.0 Å². The van der Waals surface area contributed by atoms with Crippen LogP contribution in [0.4, 0.5) is 4.79 Å². The maximum absolute atomic E-state index is 12.7. The molecule has 1 rings (SSSR count). The predicted molar refractivity (Wildman–Crippen MR) is 110 cm³/mol. The highest BCUT2D eigenvalue weighted by Crippen LogP contribution is 2.17. The van der Waals surface area contributed by atoms with Gasteiger partial charge in [0.2, 0.25) is 5.91 Å². The van der Waals surface area contributed by atoms with Crippen LogP contribution in [0, 0.1) is 0 Å². The van der Waals surface area contributed by atoms with Gasteiger partial charge in [-0.3, -0.25) is 9.59 Å². The maximum Gasteiger partial charge on any atom is 0.408 e. The zero-order valence-electron chi connectivity index (χ0n) is 17.0. The molecular formula is C20H29BrN2O5. The number of hydrogen-bond acceptors (Lipinski definition) is 4. The van der Waals surface area contributed by atoms with Crippen LogP contribution in [0.5, 0.6) is 0 Å². The average Bonchev–Trinajstić information content (AvgIpc) is 2.50. The Bertz CT molecular complexity index is 696. The number of ether oxygens (including phenoxy) is 1. The predicted octanol–water partition coefficient (Wildman–Crippen LogP) is 3.64. The number of hydrogen-bond donors (Lipinski definition) is 3. The van der Waals surface area contributed by atoms with E-state index in [0.717, 1.165) is 10.0 Å². The van der Waals surface area contributed by atoms with Crippen molar-refractivity contribution in [1.82, 2.24) is 10.6 Å². The summed E-state index contributed by atoms with van der Waals surface area (Å²) in [5.41, 5.74) is -0.281. The van der Waals surface area contributed by atoms with Crippen molar-refractivity contribution in [2.24, 2.45) is 0 Å². The highest BCUT2D eigenvalue weighted by Gasteiger charge is 2.29. The second-order valence-corrected chi connectivity index (χ2v) is 9.22. The number of benzene rings is 1. The molecule has 1 aromatic carbocycles. The molecule has 3 N–H and O–H groups in total. The van der Waals surface area contributed by atoms with Crippen molar-refractivity contribution in [2.45, 2.75) is 71.1 Å². The van der Waals surface area contributed by atoms with E-state index in [0.29, 0.717) is 6.42 Å². The molecule has 0 spiro atoms. The number of amides is 2. The van der Waals surface area contributed by atoms with Crippen LogP contribution in [0.25, 0.3) is 0 Å². The molecule has 0 heterocycles. The SMILES string of the molecule is CC(C)(Cc1ccc(Br)cc1)NC(=O)C(CCC(=O)O)NC(=O)OC(C)(C)C. The van der Waals surface area contributed by atoms with Crippen LogP contribution in [0.3, 0.4) is 0 Å². The molecule has 2 amide bonds. The first-order valence-electron chi connectivity index (χ1n) is 9.05. The molecular weight excluding hydrogens is 428 g/mol. The fraction of sp³-hybridized carbons (Fsp3) is 0.550. The van der Waals surface area contributed by atoms with Gasteiger partial charge >= 0.3 is 12.1 Å².